The van der Waals surface area contributed by atoms with Gasteiger partial charge < -0.3 is 15.7 Å². The molecule has 0 unspecified atom stereocenters. The number of imidazole rings is 1. The summed E-state index contributed by atoms with van der Waals surface area (Å²) < 4.78 is 0. The van der Waals surface area contributed by atoms with Gasteiger partial charge in [0.25, 0.3) is 0 Å². The predicted molar refractivity (Wildman–Crippen MR) is 48.4 cm³/mol. The van der Waals surface area contributed by atoms with Gasteiger partial charge in [0.05, 0.1) is 0 Å². The highest BCUT2D eigenvalue weighted by molar-refractivity contribution is 5.76. The molecule has 0 amide bonds. The summed E-state index contributed by atoms with van der Waals surface area (Å²) in [5.74, 6) is 0.787. The van der Waals surface area contributed by atoms with Crippen molar-refractivity contribution in [1.29, 1.82) is 0 Å². The minimum atomic E-state index is 0.684. The van der Waals surface area contributed by atoms with Gasteiger partial charge in [0.2, 0.25) is 0 Å². The fourth-order valence-electron chi connectivity index (χ4n) is 0.807. The molecule has 0 radical (unpaired) electrons. The molecule has 0 fully saturated rings. The Hall–Kier alpha value is -1.16. The first-order valence-corrected chi connectivity index (χ1v) is 3.99. The molecule has 12 heavy (non-hydrogen) atoms. The van der Waals surface area contributed by atoms with E-state index in [0.29, 0.717) is 6.54 Å². The van der Waals surface area contributed by atoms with Crippen LogP contribution < -0.4 is 10.7 Å². The highest BCUT2D eigenvalue weighted by Crippen LogP contribution is 1.90. The zero-order valence-electron chi connectivity index (χ0n) is 7.20. The Morgan fingerprint density at radius 3 is 3.17 bits per heavy atom. The van der Waals surface area contributed by atoms with Crippen LogP contribution in [0.1, 0.15) is 17.9 Å². The maximum atomic E-state index is 5.31. The Morgan fingerprint density at radius 2 is 2.58 bits per heavy atom. The van der Waals surface area contributed by atoms with E-state index in [1.807, 2.05) is 6.92 Å². The SMILES string of the molecule is Cc1nc(C=NCCCN)c[n-]1. The van der Waals surface area contributed by atoms with E-state index in [4.69, 9.17) is 5.73 Å². The molecule has 0 aliphatic heterocycles. The average molecular weight is 165 g/mol. The number of nitrogens with two attached hydrogens (primary N) is 1. The Labute approximate surface area is 71.9 Å². The van der Waals surface area contributed by atoms with Crippen LogP contribution in [-0.4, -0.2) is 24.3 Å². The fraction of sp³-hybridized carbons (Fsp3) is 0.500. The van der Waals surface area contributed by atoms with Gasteiger partial charge >= 0.3 is 0 Å². The van der Waals surface area contributed by atoms with Crippen LogP contribution in [-0.2, 0) is 0 Å². The van der Waals surface area contributed by atoms with E-state index >= 15 is 0 Å². The van der Waals surface area contributed by atoms with Crippen LogP contribution in [0.15, 0.2) is 11.2 Å². The standard InChI is InChI=1S/C8H13N4/c1-7-11-6-8(12-7)5-10-4-2-3-9/h5-6H,2-4,9H2,1H3/q-1. The highest BCUT2D eigenvalue weighted by Gasteiger charge is 1.81. The molecular formula is C8H13N4-. The number of rotatable bonds is 4. The van der Waals surface area contributed by atoms with Crippen molar-refractivity contribution in [3.8, 4) is 0 Å². The smallest absolute Gasteiger partial charge is 0.0401 e. The van der Waals surface area contributed by atoms with Gasteiger partial charge in [-0.2, -0.15) is 0 Å². The minimum absolute atomic E-state index is 0.684. The molecule has 4 heteroatoms. The van der Waals surface area contributed by atoms with E-state index < -0.39 is 0 Å². The molecule has 0 saturated heterocycles. The predicted octanol–water partition coefficient (Wildman–Crippen LogP) is 0.115. The summed E-state index contributed by atoms with van der Waals surface area (Å²) in [5.41, 5.74) is 6.13. The number of aliphatic imine (C=N–C) groups is 1. The molecule has 0 aromatic carbocycles. The van der Waals surface area contributed by atoms with Crippen molar-refractivity contribution in [3.63, 3.8) is 0 Å². The van der Waals surface area contributed by atoms with Crippen molar-refractivity contribution < 1.29 is 0 Å². The molecule has 1 aromatic heterocycles. The lowest BCUT2D eigenvalue weighted by atomic mass is 10.4. The molecule has 0 spiro atoms. The molecular weight excluding hydrogens is 152 g/mol. The van der Waals surface area contributed by atoms with Crippen LogP contribution in [0.4, 0.5) is 0 Å². The van der Waals surface area contributed by atoms with E-state index in [1.165, 1.54) is 0 Å². The molecule has 0 atom stereocenters. The van der Waals surface area contributed by atoms with Crippen LogP contribution in [0.25, 0.3) is 0 Å². The summed E-state index contributed by atoms with van der Waals surface area (Å²) in [5, 5.41) is 0. The van der Waals surface area contributed by atoms with Crippen molar-refractivity contribution in [2.45, 2.75) is 13.3 Å². The van der Waals surface area contributed by atoms with Crippen LogP contribution in [0.5, 0.6) is 0 Å². The number of nitrogens with zero attached hydrogens (tertiary/aromatic N) is 3. The second kappa shape index (κ2) is 4.66. The third-order valence-electron chi connectivity index (χ3n) is 1.39. The Kier molecular flexibility index (Phi) is 3.47. The summed E-state index contributed by atoms with van der Waals surface area (Å²) in [6.45, 7) is 3.31. The molecule has 0 aliphatic rings. The van der Waals surface area contributed by atoms with Gasteiger partial charge in [-0.15, -0.1) is 0 Å². The molecule has 0 bridgehead atoms. The zero-order valence-corrected chi connectivity index (χ0v) is 7.20. The summed E-state index contributed by atoms with van der Waals surface area (Å²) in [6, 6.07) is 0. The summed E-state index contributed by atoms with van der Waals surface area (Å²) in [7, 11) is 0. The summed E-state index contributed by atoms with van der Waals surface area (Å²) in [6.07, 6.45) is 4.36. The van der Waals surface area contributed by atoms with Gasteiger partial charge in [-0.05, 0) is 25.6 Å². The molecule has 2 N–H and O–H groups in total. The Balaban J connectivity index is 2.36. The lowest BCUT2D eigenvalue weighted by Gasteiger charge is -1.92. The fourth-order valence-corrected chi connectivity index (χ4v) is 0.807. The van der Waals surface area contributed by atoms with Crippen molar-refractivity contribution in [3.05, 3.63) is 17.7 Å². The van der Waals surface area contributed by atoms with Crippen molar-refractivity contribution >= 4 is 6.21 Å². The van der Waals surface area contributed by atoms with Gasteiger partial charge in [0.1, 0.15) is 0 Å². The lowest BCUT2D eigenvalue weighted by Crippen LogP contribution is -2.00. The largest absolute Gasteiger partial charge is 0.446 e. The summed E-state index contributed by atoms with van der Waals surface area (Å²) >= 11 is 0. The van der Waals surface area contributed by atoms with Crippen LogP contribution in [0.2, 0.25) is 0 Å². The maximum Gasteiger partial charge on any atom is 0.0401 e. The molecule has 1 heterocycles. The molecule has 4 nitrogen and oxygen atoms in total. The van der Waals surface area contributed by atoms with Gasteiger partial charge in [-0.1, -0.05) is 12.0 Å². The molecule has 0 saturated carbocycles. The monoisotopic (exact) mass is 165 g/mol. The lowest BCUT2D eigenvalue weighted by molar-refractivity contribution is 0.847. The molecule has 1 rings (SSSR count). The van der Waals surface area contributed by atoms with Gasteiger partial charge in [-0.3, -0.25) is 4.99 Å². The average Bonchev–Trinajstić information content (AvgIpc) is 2.45. The second-order valence-corrected chi connectivity index (χ2v) is 2.52. The zero-order chi connectivity index (χ0) is 8.81. The number of hydrogen-bond donors (Lipinski definition) is 1. The maximum absolute atomic E-state index is 5.31. The normalized spacial score (nSPS) is 11.2. The van der Waals surface area contributed by atoms with Crippen LogP contribution in [0, 0.1) is 6.92 Å². The van der Waals surface area contributed by atoms with Gasteiger partial charge in [-0.25, -0.2) is 0 Å². The first-order valence-electron chi connectivity index (χ1n) is 3.99. The quantitative estimate of drug-likeness (QED) is 0.509. The van der Waals surface area contributed by atoms with Gasteiger partial charge in [0, 0.05) is 12.8 Å². The first kappa shape index (κ1) is 8.93. The Bertz CT molecular complexity index is 251. The number of aromatic nitrogens is 2. The molecule has 1 aromatic rings. The minimum Gasteiger partial charge on any atom is -0.446 e. The van der Waals surface area contributed by atoms with E-state index in [0.717, 1.165) is 24.5 Å². The van der Waals surface area contributed by atoms with E-state index in [9.17, 15) is 0 Å². The molecule has 66 valence electrons. The van der Waals surface area contributed by atoms with Crippen molar-refractivity contribution in [1.82, 2.24) is 9.97 Å². The van der Waals surface area contributed by atoms with Crippen molar-refractivity contribution in [2.75, 3.05) is 13.1 Å². The van der Waals surface area contributed by atoms with E-state index in [1.54, 1.807) is 12.4 Å². The topological polar surface area (TPSA) is 65.4 Å². The summed E-state index contributed by atoms with van der Waals surface area (Å²) in [4.78, 5) is 12.2. The van der Waals surface area contributed by atoms with Crippen LogP contribution in [0.3, 0.4) is 0 Å². The Morgan fingerprint density at radius 1 is 1.75 bits per heavy atom. The van der Waals surface area contributed by atoms with Gasteiger partial charge in [0.15, 0.2) is 0 Å². The third-order valence-corrected chi connectivity index (χ3v) is 1.39. The number of aryl methyl sites for hydroxylation is 1. The first-order chi connectivity index (χ1) is 5.83. The molecule has 0 aliphatic carbocycles. The second-order valence-electron chi connectivity index (χ2n) is 2.52. The number of hydrogen-bond acceptors (Lipinski definition) is 3. The third kappa shape index (κ3) is 2.84. The van der Waals surface area contributed by atoms with E-state index in [-0.39, 0.29) is 0 Å². The van der Waals surface area contributed by atoms with Crippen LogP contribution >= 0.6 is 0 Å². The van der Waals surface area contributed by atoms with Crippen molar-refractivity contribution in [2.24, 2.45) is 10.7 Å². The highest BCUT2D eigenvalue weighted by atomic mass is 14.9. The van der Waals surface area contributed by atoms with E-state index in [2.05, 4.69) is 15.0 Å².